The molecule has 0 fully saturated rings. The number of aliphatic imine (C=N–C) groups is 1. The minimum atomic E-state index is -4.85. The summed E-state index contributed by atoms with van der Waals surface area (Å²) in [7, 11) is 0.962. The SMILES string of the molecule is CCCOCCOCCN(CC(C)(C)SSCCC(C(=O)NC)S(=O)(=O)[O-])c1cc(COc2cc3c(cc2C)C(=O)N2c4ccccc4C[C@H]2CC3)cc(COc2cc3c(cc2OC)C(=O)N2c4ccccc4C[C@H]2C=N3)c1. The molecule has 78 heavy (non-hydrogen) atoms. The molecule has 5 aromatic rings. The van der Waals surface area contributed by atoms with Crippen molar-refractivity contribution >= 4 is 78.4 Å². The van der Waals surface area contributed by atoms with Gasteiger partial charge in [0.15, 0.2) is 11.5 Å². The Bertz CT molecular complexity index is 3170. The number of carbonyl (C=O) groups excluding carboxylic acids is 3. The number of hydrogen-bond acceptors (Lipinski definition) is 15. The van der Waals surface area contributed by atoms with Gasteiger partial charge in [0, 0.05) is 84.6 Å². The molecule has 0 saturated carbocycles. The van der Waals surface area contributed by atoms with Gasteiger partial charge in [-0.25, -0.2) is 8.42 Å². The van der Waals surface area contributed by atoms with Gasteiger partial charge in [-0.15, -0.1) is 0 Å². The van der Waals surface area contributed by atoms with E-state index in [9.17, 15) is 27.4 Å². The number of nitrogens with one attached hydrogen (secondary N) is 1. The van der Waals surface area contributed by atoms with Crippen molar-refractivity contribution in [2.24, 2.45) is 4.99 Å². The first kappa shape index (κ1) is 56.6. The summed E-state index contributed by atoms with van der Waals surface area (Å²) in [5, 5.41) is 0.622. The zero-order chi connectivity index (χ0) is 55.1. The lowest BCUT2D eigenvalue weighted by Gasteiger charge is -2.34. The maximum absolute atomic E-state index is 14.2. The Morgan fingerprint density at radius 3 is 2.19 bits per heavy atom. The van der Waals surface area contributed by atoms with Crippen LogP contribution < -0.4 is 34.2 Å². The largest absolute Gasteiger partial charge is 0.747 e. The number of anilines is 3. The van der Waals surface area contributed by atoms with Crippen LogP contribution >= 0.6 is 21.6 Å². The summed E-state index contributed by atoms with van der Waals surface area (Å²) in [6.07, 6.45) is 5.69. The van der Waals surface area contributed by atoms with E-state index >= 15 is 0 Å². The second kappa shape index (κ2) is 24.9. The molecule has 3 atom stereocenters. The van der Waals surface area contributed by atoms with Crippen LogP contribution in [0.4, 0.5) is 22.7 Å². The molecule has 1 unspecified atom stereocenters. The van der Waals surface area contributed by atoms with Gasteiger partial charge < -0.3 is 43.4 Å². The zero-order valence-electron chi connectivity index (χ0n) is 45.1. The molecule has 414 valence electrons. The third-order valence-electron chi connectivity index (χ3n) is 14.4. The highest BCUT2D eigenvalue weighted by atomic mass is 33.1. The number of benzene rings is 5. The van der Waals surface area contributed by atoms with E-state index < -0.39 is 26.0 Å². The average Bonchev–Trinajstić information content (AvgIpc) is 3.93. The van der Waals surface area contributed by atoms with Crippen molar-refractivity contribution in [2.75, 3.05) is 74.1 Å². The number of rotatable bonds is 25. The number of amides is 3. The molecule has 0 aromatic heterocycles. The molecule has 3 amide bonds. The molecule has 4 aliphatic rings. The number of para-hydroxylation sites is 2. The first-order chi connectivity index (χ1) is 37.5. The third kappa shape index (κ3) is 13.0. The van der Waals surface area contributed by atoms with Crippen LogP contribution in [0.3, 0.4) is 0 Å². The van der Waals surface area contributed by atoms with Crippen LogP contribution in [-0.4, -0.2) is 118 Å². The summed E-state index contributed by atoms with van der Waals surface area (Å²) in [5.41, 5.74) is 10.1. The Balaban J connectivity index is 0.998. The maximum atomic E-state index is 14.2. The van der Waals surface area contributed by atoms with E-state index in [1.54, 1.807) is 34.9 Å². The number of methoxy groups -OCH3 is 1. The summed E-state index contributed by atoms with van der Waals surface area (Å²) in [5.74, 6) is 0.777. The number of carbonyl (C=O) groups is 3. The zero-order valence-corrected chi connectivity index (χ0v) is 47.5. The van der Waals surface area contributed by atoms with E-state index in [4.69, 9.17) is 28.7 Å². The lowest BCUT2D eigenvalue weighted by Crippen LogP contribution is -2.39. The minimum Gasteiger partial charge on any atom is -0.747 e. The number of hydrogen-bond donors (Lipinski definition) is 1. The van der Waals surface area contributed by atoms with Crippen LogP contribution in [-0.2, 0) is 56.9 Å². The van der Waals surface area contributed by atoms with Crippen LogP contribution in [0, 0.1) is 6.92 Å². The number of fused-ring (bicyclic) bond motifs is 8. The van der Waals surface area contributed by atoms with Crippen LogP contribution in [0.25, 0.3) is 0 Å². The Kier molecular flexibility index (Phi) is 18.1. The fourth-order valence-corrected chi connectivity index (χ4v) is 14.2. The van der Waals surface area contributed by atoms with Crippen molar-refractivity contribution in [1.29, 1.82) is 0 Å². The van der Waals surface area contributed by atoms with Crippen molar-refractivity contribution in [1.82, 2.24) is 5.32 Å². The number of nitrogens with zero attached hydrogens (tertiary/aromatic N) is 4. The van der Waals surface area contributed by atoms with E-state index in [2.05, 4.69) is 49.2 Å². The molecule has 0 aliphatic carbocycles. The third-order valence-corrected chi connectivity index (χ3v) is 18.9. The molecule has 5 aromatic carbocycles. The lowest BCUT2D eigenvalue weighted by atomic mass is 9.98. The highest BCUT2D eigenvalue weighted by Gasteiger charge is 2.39. The first-order valence-corrected chi connectivity index (χ1v) is 30.3. The van der Waals surface area contributed by atoms with Gasteiger partial charge in [-0.05, 0) is 135 Å². The Labute approximate surface area is 465 Å². The standard InChI is InChI=1S/C59H69N5O11S3/c1-7-20-72-22-23-73-21-19-62(37-59(3,4)77-76-24-18-55(56(65)60-5)78(68,69)70)45-27-39(35-74-52-31-41-16-17-44-29-42-12-8-10-14-50(42)63(44)57(66)47(41)25-38(52)2)26-40(28-45)36-75-54-33-49-48(32-53(54)71-6)58(67)64-46(34-61-49)30-43-13-9-11-15-51(43)64/h8-15,25-28,31-34,44,46,55H,7,16-24,29-30,35-37H2,1-6H3,(H,60,65)(H,68,69,70)/p-1/t44-,46+,55?/m1/s1. The van der Waals surface area contributed by atoms with E-state index in [1.807, 2.05) is 78.7 Å². The van der Waals surface area contributed by atoms with Crippen molar-refractivity contribution in [3.05, 3.63) is 136 Å². The van der Waals surface area contributed by atoms with Gasteiger partial charge in [0.1, 0.15) is 34.3 Å². The molecule has 1 N–H and O–H groups in total. The summed E-state index contributed by atoms with van der Waals surface area (Å²) in [6, 6.07) is 29.6. The van der Waals surface area contributed by atoms with Crippen molar-refractivity contribution in [3.8, 4) is 17.2 Å². The Hall–Kier alpha value is -6.09. The van der Waals surface area contributed by atoms with Crippen molar-refractivity contribution in [3.63, 3.8) is 0 Å². The van der Waals surface area contributed by atoms with E-state index in [-0.39, 0.29) is 49.3 Å². The van der Waals surface area contributed by atoms with Gasteiger partial charge >= 0.3 is 0 Å². The lowest BCUT2D eigenvalue weighted by molar-refractivity contribution is -0.120. The molecule has 9 rings (SSSR count). The average molecular weight is 1120 g/mol. The molecular weight excluding hydrogens is 1050 g/mol. The molecule has 16 nitrogen and oxygen atoms in total. The molecule has 4 aliphatic heterocycles. The first-order valence-electron chi connectivity index (χ1n) is 26.5. The van der Waals surface area contributed by atoms with Gasteiger partial charge in [-0.2, -0.15) is 0 Å². The van der Waals surface area contributed by atoms with Crippen molar-refractivity contribution in [2.45, 2.75) is 102 Å². The Morgan fingerprint density at radius 1 is 0.833 bits per heavy atom. The second-order valence-corrected chi connectivity index (χ2v) is 25.3. The molecule has 4 heterocycles. The van der Waals surface area contributed by atoms with Crippen LogP contribution in [0.1, 0.15) is 94.1 Å². The maximum Gasteiger partial charge on any atom is 0.261 e. The monoisotopic (exact) mass is 1120 g/mol. The fourth-order valence-electron chi connectivity index (χ4n) is 10.7. The molecule has 0 spiro atoms. The predicted molar refractivity (Wildman–Crippen MR) is 308 cm³/mol. The summed E-state index contributed by atoms with van der Waals surface area (Å²) in [4.78, 5) is 51.6. The van der Waals surface area contributed by atoms with Crippen LogP contribution in [0.5, 0.6) is 17.2 Å². The van der Waals surface area contributed by atoms with E-state index in [0.717, 1.165) is 70.6 Å². The molecule has 0 radical (unpaired) electrons. The number of aryl methyl sites for hydroxylation is 2. The van der Waals surface area contributed by atoms with Gasteiger partial charge in [0.25, 0.3) is 11.8 Å². The Morgan fingerprint density at radius 2 is 1.50 bits per heavy atom. The molecule has 0 bridgehead atoms. The van der Waals surface area contributed by atoms with Gasteiger partial charge in [-0.1, -0.05) is 64.9 Å². The molecule has 0 saturated heterocycles. The fraction of sp³-hybridized carbons (Fsp3) is 0.424. The second-order valence-electron chi connectivity index (χ2n) is 20.6. The van der Waals surface area contributed by atoms with Crippen LogP contribution in [0.2, 0.25) is 0 Å². The van der Waals surface area contributed by atoms with E-state index in [0.29, 0.717) is 80.0 Å². The highest BCUT2D eigenvalue weighted by Crippen LogP contribution is 2.43. The van der Waals surface area contributed by atoms with E-state index in [1.165, 1.54) is 23.4 Å². The highest BCUT2D eigenvalue weighted by molar-refractivity contribution is 8.77. The smallest absolute Gasteiger partial charge is 0.261 e. The minimum absolute atomic E-state index is 0.0145. The predicted octanol–water partition coefficient (Wildman–Crippen LogP) is 9.43. The summed E-state index contributed by atoms with van der Waals surface area (Å²) in [6.45, 7) is 11.4. The summed E-state index contributed by atoms with van der Waals surface area (Å²) >= 11 is 0. The van der Waals surface area contributed by atoms with Crippen LogP contribution in [0.15, 0.2) is 96.0 Å². The molecular formula is C59H68N5O11S3-. The van der Waals surface area contributed by atoms with Gasteiger partial charge in [0.2, 0.25) is 5.91 Å². The topological polar surface area (TPSA) is 189 Å². The summed E-state index contributed by atoms with van der Waals surface area (Å²) < 4.78 is 66.5. The number of ether oxygens (including phenoxy) is 5. The van der Waals surface area contributed by atoms with Gasteiger partial charge in [0.05, 0.1) is 44.2 Å². The van der Waals surface area contributed by atoms with Crippen molar-refractivity contribution < 1.29 is 51.0 Å². The quantitative estimate of drug-likeness (QED) is 0.0331. The normalized spacial score (nSPS) is 16.8. The molecule has 19 heteroatoms. The van der Waals surface area contributed by atoms with Gasteiger partial charge in [-0.3, -0.25) is 24.3 Å².